The molecule has 0 radical (unpaired) electrons. The van der Waals surface area contributed by atoms with Crippen molar-refractivity contribution < 1.29 is 23.5 Å². The zero-order valence-corrected chi connectivity index (χ0v) is 16.1. The first-order chi connectivity index (χ1) is 13.4. The topological polar surface area (TPSA) is 79.0 Å². The molecule has 9 heteroatoms. The van der Waals surface area contributed by atoms with Gasteiger partial charge < -0.3 is 9.64 Å². The number of benzene rings is 1. The third-order valence-corrected chi connectivity index (χ3v) is 4.94. The van der Waals surface area contributed by atoms with Gasteiger partial charge in [0.15, 0.2) is 5.11 Å². The smallest absolute Gasteiger partial charge is 0.309 e. The van der Waals surface area contributed by atoms with Gasteiger partial charge in [0.25, 0.3) is 11.8 Å². The lowest BCUT2D eigenvalue weighted by atomic mass is 9.97. The fraction of sp³-hybridized carbons (Fsp3) is 0.368. The first kappa shape index (κ1) is 19.9. The summed E-state index contributed by atoms with van der Waals surface area (Å²) in [7, 11) is 0. The van der Waals surface area contributed by atoms with Gasteiger partial charge in [-0.2, -0.15) is 0 Å². The van der Waals surface area contributed by atoms with E-state index in [4.69, 9.17) is 17.0 Å². The standard InChI is InChI=1S/C19H20FN3O4S/c1-2-27-18(26)12-7-9-22(10-8-12)11-13-16(24)21-19(28)23(17(13)25)15-6-4-3-5-14(15)20/h3-6,11-12H,2,7-10H2,1H3,(H,21,24,28). The lowest BCUT2D eigenvalue weighted by Crippen LogP contribution is -2.55. The zero-order chi connectivity index (χ0) is 20.3. The number of esters is 1. The molecule has 0 aliphatic carbocycles. The number of anilines is 1. The minimum atomic E-state index is -0.689. The van der Waals surface area contributed by atoms with Crippen LogP contribution in [0.4, 0.5) is 10.1 Å². The van der Waals surface area contributed by atoms with E-state index in [0.29, 0.717) is 32.5 Å². The molecule has 0 atom stereocenters. The van der Waals surface area contributed by atoms with Crippen molar-refractivity contribution in [2.45, 2.75) is 19.8 Å². The van der Waals surface area contributed by atoms with Crippen molar-refractivity contribution in [2.24, 2.45) is 5.92 Å². The highest BCUT2D eigenvalue weighted by molar-refractivity contribution is 7.80. The summed E-state index contributed by atoms with van der Waals surface area (Å²) in [6.07, 6.45) is 2.58. The Kier molecular flexibility index (Phi) is 6.03. The molecule has 2 saturated heterocycles. The van der Waals surface area contributed by atoms with Gasteiger partial charge in [-0.1, -0.05) is 12.1 Å². The van der Waals surface area contributed by atoms with Crippen LogP contribution in [0, 0.1) is 11.7 Å². The van der Waals surface area contributed by atoms with Gasteiger partial charge in [0, 0.05) is 19.3 Å². The molecule has 0 saturated carbocycles. The number of piperidine rings is 1. The number of ether oxygens (including phenoxy) is 1. The van der Waals surface area contributed by atoms with Crippen LogP contribution in [0.25, 0.3) is 0 Å². The monoisotopic (exact) mass is 405 g/mol. The molecule has 2 aliphatic heterocycles. The van der Waals surface area contributed by atoms with Crippen molar-refractivity contribution in [1.29, 1.82) is 0 Å². The Balaban J connectivity index is 1.77. The van der Waals surface area contributed by atoms with E-state index in [2.05, 4.69) is 5.32 Å². The summed E-state index contributed by atoms with van der Waals surface area (Å²) >= 11 is 5.06. The van der Waals surface area contributed by atoms with E-state index < -0.39 is 17.6 Å². The number of carbonyl (C=O) groups is 3. The van der Waals surface area contributed by atoms with Crippen LogP contribution in [-0.2, 0) is 19.1 Å². The highest BCUT2D eigenvalue weighted by atomic mass is 32.1. The highest BCUT2D eigenvalue weighted by Crippen LogP contribution is 2.25. The molecule has 2 heterocycles. The van der Waals surface area contributed by atoms with E-state index >= 15 is 0 Å². The van der Waals surface area contributed by atoms with Gasteiger partial charge in [-0.3, -0.25) is 19.7 Å². The predicted octanol–water partition coefficient (Wildman–Crippen LogP) is 1.73. The van der Waals surface area contributed by atoms with Gasteiger partial charge in [0.05, 0.1) is 18.2 Å². The second kappa shape index (κ2) is 8.47. The molecule has 2 fully saturated rings. The average molecular weight is 405 g/mol. The van der Waals surface area contributed by atoms with Gasteiger partial charge in [-0.15, -0.1) is 0 Å². The van der Waals surface area contributed by atoms with Gasteiger partial charge in [0.1, 0.15) is 11.4 Å². The Labute approximate surface area is 167 Å². The lowest BCUT2D eigenvalue weighted by molar-refractivity contribution is -0.149. The Morgan fingerprint density at radius 2 is 2.00 bits per heavy atom. The summed E-state index contributed by atoms with van der Waals surface area (Å²) in [6.45, 7) is 3.09. The maximum absolute atomic E-state index is 14.1. The number of halogens is 1. The van der Waals surface area contributed by atoms with Crippen LogP contribution in [0.5, 0.6) is 0 Å². The maximum atomic E-state index is 14.1. The van der Waals surface area contributed by atoms with E-state index in [9.17, 15) is 18.8 Å². The molecule has 1 aromatic rings. The number of para-hydroxylation sites is 1. The number of nitrogens with one attached hydrogen (secondary N) is 1. The normalized spacial score (nSPS) is 19.8. The summed E-state index contributed by atoms with van der Waals surface area (Å²) < 4.78 is 19.2. The predicted molar refractivity (Wildman–Crippen MR) is 104 cm³/mol. The quantitative estimate of drug-likeness (QED) is 0.356. The largest absolute Gasteiger partial charge is 0.466 e. The lowest BCUT2D eigenvalue weighted by Gasteiger charge is -2.33. The van der Waals surface area contributed by atoms with E-state index in [1.165, 1.54) is 24.4 Å². The molecule has 3 rings (SSSR count). The summed E-state index contributed by atoms with van der Waals surface area (Å²) in [5, 5.41) is 2.26. The number of nitrogens with zero attached hydrogens (tertiary/aromatic N) is 2. The number of amides is 2. The van der Waals surface area contributed by atoms with Crippen molar-refractivity contribution >= 4 is 40.8 Å². The van der Waals surface area contributed by atoms with Gasteiger partial charge >= 0.3 is 5.97 Å². The first-order valence-electron chi connectivity index (χ1n) is 8.99. The SMILES string of the molecule is CCOC(=O)C1CCN(C=C2C(=O)NC(=S)N(c3ccccc3F)C2=O)CC1. The zero-order valence-electron chi connectivity index (χ0n) is 15.3. The Hall–Kier alpha value is -2.81. The molecule has 28 heavy (non-hydrogen) atoms. The summed E-state index contributed by atoms with van der Waals surface area (Å²) in [5.74, 6) is -2.35. The molecular weight excluding hydrogens is 385 g/mol. The molecule has 0 aromatic heterocycles. The third kappa shape index (κ3) is 4.04. The molecule has 0 bridgehead atoms. The van der Waals surface area contributed by atoms with Gasteiger partial charge in [0.2, 0.25) is 0 Å². The Bertz CT molecular complexity index is 849. The molecule has 2 aliphatic rings. The van der Waals surface area contributed by atoms with Gasteiger partial charge in [-0.25, -0.2) is 9.29 Å². The van der Waals surface area contributed by atoms with E-state index in [1.807, 2.05) is 0 Å². The fourth-order valence-electron chi connectivity index (χ4n) is 3.20. The van der Waals surface area contributed by atoms with Crippen molar-refractivity contribution in [3.05, 3.63) is 41.9 Å². The third-order valence-electron chi connectivity index (χ3n) is 4.66. The van der Waals surface area contributed by atoms with Gasteiger partial charge in [-0.05, 0) is 44.1 Å². The maximum Gasteiger partial charge on any atom is 0.309 e. The van der Waals surface area contributed by atoms with Crippen LogP contribution in [0.2, 0.25) is 0 Å². The summed E-state index contributed by atoms with van der Waals surface area (Å²) in [5.41, 5.74) is -0.157. The van der Waals surface area contributed by atoms with Crippen LogP contribution >= 0.6 is 12.2 Å². The summed E-state index contributed by atoms with van der Waals surface area (Å²) in [6, 6.07) is 5.71. The molecule has 7 nitrogen and oxygen atoms in total. The van der Waals surface area contributed by atoms with Crippen molar-refractivity contribution in [1.82, 2.24) is 10.2 Å². The van der Waals surface area contributed by atoms with E-state index in [0.717, 1.165) is 4.90 Å². The molecular formula is C19H20FN3O4S. The van der Waals surface area contributed by atoms with Crippen molar-refractivity contribution in [3.63, 3.8) is 0 Å². The number of hydrogen-bond donors (Lipinski definition) is 1. The fourth-order valence-corrected chi connectivity index (χ4v) is 3.48. The van der Waals surface area contributed by atoms with E-state index in [-0.39, 0.29) is 28.3 Å². The van der Waals surface area contributed by atoms with Crippen molar-refractivity contribution in [2.75, 3.05) is 24.6 Å². The number of rotatable bonds is 4. The second-order valence-corrected chi connectivity index (χ2v) is 6.84. The molecule has 1 aromatic carbocycles. The van der Waals surface area contributed by atoms with Crippen LogP contribution in [0.15, 0.2) is 36.0 Å². The van der Waals surface area contributed by atoms with E-state index in [1.54, 1.807) is 17.9 Å². The number of carbonyl (C=O) groups excluding carboxylic acids is 3. The molecule has 148 valence electrons. The number of thiocarbonyl (C=S) groups is 1. The molecule has 0 unspecified atom stereocenters. The van der Waals surface area contributed by atoms with Crippen LogP contribution in [-0.4, -0.2) is 47.5 Å². The molecule has 1 N–H and O–H groups in total. The Morgan fingerprint density at radius 3 is 2.64 bits per heavy atom. The summed E-state index contributed by atoms with van der Waals surface area (Å²) in [4.78, 5) is 39.8. The first-order valence-corrected chi connectivity index (χ1v) is 9.40. The molecule has 2 amide bonds. The molecule has 0 spiro atoms. The highest BCUT2D eigenvalue weighted by Gasteiger charge is 2.36. The van der Waals surface area contributed by atoms with Crippen LogP contribution in [0.3, 0.4) is 0 Å². The van der Waals surface area contributed by atoms with Crippen molar-refractivity contribution in [3.8, 4) is 0 Å². The van der Waals surface area contributed by atoms with Crippen LogP contribution < -0.4 is 10.2 Å². The number of hydrogen-bond acceptors (Lipinski definition) is 6. The average Bonchev–Trinajstić information content (AvgIpc) is 2.67. The minimum absolute atomic E-state index is 0.0237. The number of likely N-dealkylation sites (tertiary alicyclic amines) is 1. The van der Waals surface area contributed by atoms with Crippen LogP contribution in [0.1, 0.15) is 19.8 Å². The Morgan fingerprint density at radius 1 is 1.32 bits per heavy atom. The second-order valence-electron chi connectivity index (χ2n) is 6.46. The minimum Gasteiger partial charge on any atom is -0.466 e.